The van der Waals surface area contributed by atoms with Crippen molar-refractivity contribution in [3.63, 3.8) is 0 Å². The van der Waals surface area contributed by atoms with E-state index in [0.29, 0.717) is 22.3 Å². The number of aromatic nitrogens is 2. The molecule has 0 saturated carbocycles. The van der Waals surface area contributed by atoms with Gasteiger partial charge in [0.2, 0.25) is 0 Å². The van der Waals surface area contributed by atoms with Crippen LogP contribution in [0.1, 0.15) is 19.5 Å². The smallest absolute Gasteiger partial charge is 0.677 e. The number of hydrogen-bond acceptors (Lipinski definition) is 4. The molecule has 0 aliphatic carbocycles. The quantitative estimate of drug-likeness (QED) is 0.471. The molecule has 1 aromatic carbocycles. The third-order valence-electron chi connectivity index (χ3n) is 2.79. The van der Waals surface area contributed by atoms with Gasteiger partial charge in [-0.15, -0.1) is 22.5 Å². The zero-order valence-electron chi connectivity index (χ0n) is 13.3. The first-order valence-corrected chi connectivity index (χ1v) is 7.56. The van der Waals surface area contributed by atoms with Crippen molar-refractivity contribution in [3.05, 3.63) is 40.4 Å². The van der Waals surface area contributed by atoms with Gasteiger partial charge in [0.15, 0.2) is 12.3 Å². The molecule has 1 aromatic heterocycles. The van der Waals surface area contributed by atoms with Crippen LogP contribution >= 0.6 is 23.9 Å². The van der Waals surface area contributed by atoms with E-state index in [4.69, 9.17) is 21.7 Å². The molecular weight excluding hydrogens is 366 g/mol. The summed E-state index contributed by atoms with van der Waals surface area (Å²) in [6.07, 6.45) is 1.38. The largest absolute Gasteiger partial charge is 1.00 e. The van der Waals surface area contributed by atoms with E-state index in [-0.39, 0.29) is 80.7 Å². The van der Waals surface area contributed by atoms with E-state index < -0.39 is 0 Å². The second-order valence-electron chi connectivity index (χ2n) is 4.74. The first-order valence-electron chi connectivity index (χ1n) is 6.50. The van der Waals surface area contributed by atoms with Gasteiger partial charge in [-0.1, -0.05) is 5.16 Å². The van der Waals surface area contributed by atoms with E-state index in [9.17, 15) is 3.89 Å². The summed E-state index contributed by atoms with van der Waals surface area (Å²) < 4.78 is 19.8. The minimum atomic E-state index is -0.0281. The van der Waals surface area contributed by atoms with Crippen molar-refractivity contribution < 1.29 is 60.0 Å². The van der Waals surface area contributed by atoms with Crippen LogP contribution in [-0.2, 0) is 0 Å². The number of hydrogen-bond donors (Lipinski definition) is 1. The Labute approximate surface area is 186 Å². The van der Waals surface area contributed by atoms with E-state index in [1.165, 1.54) is 13.1 Å². The minimum absolute atomic E-state index is 0. The van der Waals surface area contributed by atoms with Gasteiger partial charge in [0.25, 0.3) is 0 Å². The van der Waals surface area contributed by atoms with Gasteiger partial charge >= 0.3 is 51.4 Å². The summed E-state index contributed by atoms with van der Waals surface area (Å²) in [5.41, 5.74) is 0.924. The number of nitrogens with one attached hydrogen (secondary N) is 1. The maximum atomic E-state index is 13.0. The van der Waals surface area contributed by atoms with Crippen LogP contribution in [0.3, 0.4) is 0 Å². The average molecular weight is 381 g/mol. The molecule has 0 fully saturated rings. The van der Waals surface area contributed by atoms with Crippen molar-refractivity contribution in [1.82, 2.24) is 9.19 Å². The van der Waals surface area contributed by atoms with E-state index in [1.807, 2.05) is 13.8 Å². The standard InChI is InChI=1S/C14H15ClFN4OS.K/c1-8(2)21-9-4-5-12-10(6-9)14(19-20(12)22-16)11(17)7-13(15)18-3;/h4-8,17H,1-3H3;/q-1;+1/b13-7-,17-11?;. The van der Waals surface area contributed by atoms with Crippen molar-refractivity contribution in [2.45, 2.75) is 20.0 Å². The molecule has 0 spiro atoms. The Morgan fingerprint density at radius 1 is 1.52 bits per heavy atom. The molecule has 118 valence electrons. The number of fused-ring (bicyclic) bond motifs is 1. The molecule has 0 unspecified atom stereocenters. The van der Waals surface area contributed by atoms with Gasteiger partial charge in [0, 0.05) is 5.39 Å². The van der Waals surface area contributed by atoms with Crippen LogP contribution in [0, 0.1) is 5.41 Å². The number of benzene rings is 1. The van der Waals surface area contributed by atoms with Crippen molar-refractivity contribution in [1.29, 1.82) is 5.41 Å². The fraction of sp³-hybridized carbons (Fsp3) is 0.286. The molecule has 9 heteroatoms. The molecule has 0 aliphatic heterocycles. The second kappa shape index (κ2) is 9.41. The third-order valence-corrected chi connectivity index (χ3v) is 3.48. The summed E-state index contributed by atoms with van der Waals surface area (Å²) in [5.74, 6) is 0.634. The zero-order chi connectivity index (χ0) is 16.3. The topological polar surface area (TPSA) is 65.0 Å². The van der Waals surface area contributed by atoms with Crippen LogP contribution in [0.5, 0.6) is 5.75 Å². The molecule has 1 N–H and O–H groups in total. The Balaban J connectivity index is 0.00000264. The maximum absolute atomic E-state index is 13.0. The molecule has 5 nitrogen and oxygen atoms in total. The van der Waals surface area contributed by atoms with Crippen LogP contribution in [-0.4, -0.2) is 28.0 Å². The molecule has 2 aromatic rings. The monoisotopic (exact) mass is 380 g/mol. The fourth-order valence-electron chi connectivity index (χ4n) is 1.92. The van der Waals surface area contributed by atoms with E-state index in [2.05, 4.69) is 10.4 Å². The number of halogens is 2. The normalized spacial score (nSPS) is 11.5. The second-order valence-corrected chi connectivity index (χ2v) is 5.61. The predicted octanol–water partition coefficient (Wildman–Crippen LogP) is 1.66. The number of rotatable bonds is 6. The predicted molar refractivity (Wildman–Crippen MR) is 89.6 cm³/mol. The van der Waals surface area contributed by atoms with E-state index in [1.54, 1.807) is 18.2 Å². The summed E-state index contributed by atoms with van der Waals surface area (Å²) in [6, 6.07) is 5.19. The molecule has 2 rings (SSSR count). The van der Waals surface area contributed by atoms with Crippen molar-refractivity contribution in [3.8, 4) is 5.75 Å². The van der Waals surface area contributed by atoms with Crippen molar-refractivity contribution in [2.75, 3.05) is 7.05 Å². The third kappa shape index (κ3) is 5.19. The Hall–Kier alpha value is -0.0936. The molecule has 0 bridgehead atoms. The summed E-state index contributed by atoms with van der Waals surface area (Å²) in [7, 11) is 1.52. The first-order chi connectivity index (χ1) is 10.5. The molecular formula is C14H15ClFKN4OS. The Morgan fingerprint density at radius 3 is 2.78 bits per heavy atom. The molecule has 0 saturated heterocycles. The Morgan fingerprint density at radius 2 is 2.22 bits per heavy atom. The SMILES string of the molecule is C[N-]/C(Cl)=C\C(=N)c1nn(SF)c2ccc(OC(C)C)cc12.[K+]. The molecule has 0 radical (unpaired) electrons. The van der Waals surface area contributed by atoms with Crippen LogP contribution < -0.4 is 56.1 Å². The van der Waals surface area contributed by atoms with Gasteiger partial charge in [-0.3, -0.25) is 5.41 Å². The van der Waals surface area contributed by atoms with Gasteiger partial charge in [-0.25, -0.2) is 0 Å². The fourth-order valence-corrected chi connectivity index (χ4v) is 2.37. The summed E-state index contributed by atoms with van der Waals surface area (Å²) in [4.78, 5) is 0. The Kier molecular flexibility index (Phi) is 8.57. The molecule has 0 amide bonds. The van der Waals surface area contributed by atoms with Crippen molar-refractivity contribution in [2.24, 2.45) is 0 Å². The zero-order valence-corrected chi connectivity index (χ0v) is 18.0. The number of ether oxygens (including phenoxy) is 1. The van der Waals surface area contributed by atoms with E-state index in [0.717, 1.165) is 4.09 Å². The van der Waals surface area contributed by atoms with Gasteiger partial charge in [-0.2, -0.15) is 9.19 Å². The summed E-state index contributed by atoms with van der Waals surface area (Å²) >= 11 is 5.79. The van der Waals surface area contributed by atoms with Gasteiger partial charge in [0.1, 0.15) is 11.4 Å². The van der Waals surface area contributed by atoms with Crippen molar-refractivity contribution >= 4 is 40.5 Å². The Bertz CT molecular complexity index is 735. The van der Waals surface area contributed by atoms with Gasteiger partial charge in [-0.05, 0) is 38.1 Å². The number of allylic oxidation sites excluding steroid dienone is 1. The first kappa shape index (κ1) is 21.0. The molecule has 0 aliphatic rings. The summed E-state index contributed by atoms with van der Waals surface area (Å²) in [6.45, 7) is 3.83. The average Bonchev–Trinajstić information content (AvgIpc) is 2.84. The number of nitrogens with zero attached hydrogens (tertiary/aromatic N) is 3. The van der Waals surface area contributed by atoms with Gasteiger partial charge in [0.05, 0.1) is 17.3 Å². The maximum Gasteiger partial charge on any atom is 1.00 e. The van der Waals surface area contributed by atoms with E-state index >= 15 is 0 Å². The summed E-state index contributed by atoms with van der Waals surface area (Å²) in [5, 5.41) is 16.7. The van der Waals surface area contributed by atoms with Crippen LogP contribution in [0.15, 0.2) is 29.4 Å². The molecule has 1 heterocycles. The van der Waals surface area contributed by atoms with Crippen LogP contribution in [0.4, 0.5) is 3.89 Å². The van der Waals surface area contributed by atoms with Gasteiger partial charge < -0.3 is 10.1 Å². The van der Waals surface area contributed by atoms with Crippen LogP contribution in [0.2, 0.25) is 0 Å². The minimum Gasteiger partial charge on any atom is -0.677 e. The molecule has 23 heavy (non-hydrogen) atoms. The molecule has 0 atom stereocenters. The van der Waals surface area contributed by atoms with Crippen LogP contribution in [0.25, 0.3) is 16.2 Å².